The highest BCUT2D eigenvalue weighted by Crippen LogP contribution is 2.07. The third-order valence-corrected chi connectivity index (χ3v) is 2.59. The maximum atomic E-state index is 11.6. The molecule has 2 aromatic rings. The Morgan fingerprint density at radius 3 is 2.80 bits per heavy atom. The molecule has 0 unspecified atom stereocenters. The lowest BCUT2D eigenvalue weighted by molar-refractivity contribution is -0.119. The number of pyridine rings is 1. The third-order valence-electron chi connectivity index (χ3n) is 2.59. The van der Waals surface area contributed by atoms with Crippen LogP contribution in [0.5, 0.6) is 0 Å². The summed E-state index contributed by atoms with van der Waals surface area (Å²) in [4.78, 5) is 15.5. The molecule has 20 heavy (non-hydrogen) atoms. The highest BCUT2D eigenvalue weighted by atomic mass is 16.2. The highest BCUT2D eigenvalue weighted by molar-refractivity contribution is 5.84. The van der Waals surface area contributed by atoms with Crippen molar-refractivity contribution in [3.05, 3.63) is 59.9 Å². The average Bonchev–Trinajstić information content (AvgIpc) is 2.48. The van der Waals surface area contributed by atoms with Gasteiger partial charge in [0.1, 0.15) is 0 Å². The van der Waals surface area contributed by atoms with Crippen LogP contribution >= 0.6 is 0 Å². The molecule has 1 aromatic heterocycles. The predicted molar refractivity (Wildman–Crippen MR) is 79.6 cm³/mol. The van der Waals surface area contributed by atoms with Gasteiger partial charge in [-0.25, -0.2) is 5.43 Å². The molecule has 102 valence electrons. The number of amides is 1. The third kappa shape index (κ3) is 4.53. The Hall–Kier alpha value is -2.69. The van der Waals surface area contributed by atoms with Crippen LogP contribution < -0.4 is 10.7 Å². The standard InChI is InChI=1S/C15H16N4O/c1-12-4-6-14(7-5-12)17-11-15(20)19-18-10-13-3-2-8-16-9-13/h2-10,17H,11H2,1H3,(H,19,20)/b18-10-. The molecule has 0 aliphatic rings. The normalized spacial score (nSPS) is 10.4. The Morgan fingerprint density at radius 2 is 2.10 bits per heavy atom. The number of carbonyl (C=O) groups is 1. The first-order valence-electron chi connectivity index (χ1n) is 6.26. The summed E-state index contributed by atoms with van der Waals surface area (Å²) in [6, 6.07) is 11.5. The van der Waals surface area contributed by atoms with Crippen molar-refractivity contribution in [3.63, 3.8) is 0 Å². The fourth-order valence-corrected chi connectivity index (χ4v) is 1.52. The van der Waals surface area contributed by atoms with Crippen molar-refractivity contribution in [3.8, 4) is 0 Å². The molecular formula is C15H16N4O. The molecule has 0 saturated heterocycles. The van der Waals surface area contributed by atoms with Gasteiger partial charge in [0.15, 0.2) is 0 Å². The van der Waals surface area contributed by atoms with E-state index in [0.717, 1.165) is 11.3 Å². The summed E-state index contributed by atoms with van der Waals surface area (Å²) >= 11 is 0. The molecule has 0 atom stereocenters. The van der Waals surface area contributed by atoms with E-state index in [-0.39, 0.29) is 12.5 Å². The first kappa shape index (κ1) is 13.7. The zero-order valence-electron chi connectivity index (χ0n) is 11.2. The maximum Gasteiger partial charge on any atom is 0.259 e. The van der Waals surface area contributed by atoms with E-state index < -0.39 is 0 Å². The number of aryl methyl sites for hydroxylation is 1. The van der Waals surface area contributed by atoms with Crippen LogP contribution in [0.1, 0.15) is 11.1 Å². The predicted octanol–water partition coefficient (Wildman–Crippen LogP) is 1.95. The molecule has 0 bridgehead atoms. The summed E-state index contributed by atoms with van der Waals surface area (Å²) in [5, 5.41) is 6.89. The van der Waals surface area contributed by atoms with Gasteiger partial charge in [0.2, 0.25) is 0 Å². The summed E-state index contributed by atoms with van der Waals surface area (Å²) < 4.78 is 0. The molecule has 5 nitrogen and oxygen atoms in total. The fourth-order valence-electron chi connectivity index (χ4n) is 1.52. The second-order valence-corrected chi connectivity index (χ2v) is 4.30. The summed E-state index contributed by atoms with van der Waals surface area (Å²) in [7, 11) is 0. The number of hydrogen-bond donors (Lipinski definition) is 2. The van der Waals surface area contributed by atoms with Gasteiger partial charge in [-0.15, -0.1) is 0 Å². The van der Waals surface area contributed by atoms with Crippen molar-refractivity contribution in [2.45, 2.75) is 6.92 Å². The Bertz CT molecular complexity index is 579. The van der Waals surface area contributed by atoms with Crippen LogP contribution in [-0.2, 0) is 4.79 Å². The zero-order valence-corrected chi connectivity index (χ0v) is 11.2. The van der Waals surface area contributed by atoms with E-state index in [1.54, 1.807) is 18.6 Å². The molecule has 2 rings (SSSR count). The minimum absolute atomic E-state index is 0.174. The Balaban J connectivity index is 1.76. The smallest absolute Gasteiger partial charge is 0.259 e. The number of hydrazone groups is 1. The lowest BCUT2D eigenvalue weighted by Gasteiger charge is -2.05. The van der Waals surface area contributed by atoms with E-state index in [4.69, 9.17) is 0 Å². The molecule has 0 spiro atoms. The van der Waals surface area contributed by atoms with Crippen molar-refractivity contribution in [1.82, 2.24) is 10.4 Å². The van der Waals surface area contributed by atoms with Crippen LogP contribution in [0.3, 0.4) is 0 Å². The Labute approximate surface area is 117 Å². The Morgan fingerprint density at radius 1 is 1.30 bits per heavy atom. The maximum absolute atomic E-state index is 11.6. The number of aromatic nitrogens is 1. The van der Waals surface area contributed by atoms with Crippen molar-refractivity contribution in [1.29, 1.82) is 0 Å². The lowest BCUT2D eigenvalue weighted by atomic mass is 10.2. The monoisotopic (exact) mass is 268 g/mol. The molecule has 2 N–H and O–H groups in total. The van der Waals surface area contributed by atoms with Gasteiger partial charge in [-0.2, -0.15) is 5.10 Å². The molecule has 0 saturated carbocycles. The minimum atomic E-state index is -0.203. The first-order chi connectivity index (χ1) is 9.74. The number of rotatable bonds is 5. The number of nitrogens with zero attached hydrogens (tertiary/aromatic N) is 2. The van der Waals surface area contributed by atoms with Gasteiger partial charge < -0.3 is 5.32 Å². The van der Waals surface area contributed by atoms with Gasteiger partial charge in [-0.1, -0.05) is 23.8 Å². The van der Waals surface area contributed by atoms with Gasteiger partial charge in [-0.05, 0) is 25.1 Å². The van der Waals surface area contributed by atoms with Gasteiger partial charge >= 0.3 is 0 Å². The van der Waals surface area contributed by atoms with E-state index in [0.29, 0.717) is 0 Å². The molecule has 1 amide bonds. The van der Waals surface area contributed by atoms with Gasteiger partial charge in [-0.3, -0.25) is 9.78 Å². The van der Waals surface area contributed by atoms with E-state index in [1.165, 1.54) is 5.56 Å². The number of nitrogens with one attached hydrogen (secondary N) is 2. The van der Waals surface area contributed by atoms with Crippen molar-refractivity contribution < 1.29 is 4.79 Å². The summed E-state index contributed by atoms with van der Waals surface area (Å²) in [6.45, 7) is 2.19. The van der Waals surface area contributed by atoms with E-state index in [2.05, 4.69) is 20.8 Å². The van der Waals surface area contributed by atoms with E-state index in [9.17, 15) is 4.79 Å². The number of anilines is 1. The zero-order chi connectivity index (χ0) is 14.2. The van der Waals surface area contributed by atoms with Crippen molar-refractivity contribution >= 4 is 17.8 Å². The van der Waals surface area contributed by atoms with Crippen molar-refractivity contribution in [2.75, 3.05) is 11.9 Å². The molecule has 0 radical (unpaired) electrons. The second-order valence-electron chi connectivity index (χ2n) is 4.30. The van der Waals surface area contributed by atoms with E-state index >= 15 is 0 Å². The first-order valence-corrected chi connectivity index (χ1v) is 6.26. The highest BCUT2D eigenvalue weighted by Gasteiger charge is 1.98. The van der Waals surface area contributed by atoms with Crippen LogP contribution in [0, 0.1) is 6.92 Å². The van der Waals surface area contributed by atoms with Crippen molar-refractivity contribution in [2.24, 2.45) is 5.10 Å². The molecular weight excluding hydrogens is 252 g/mol. The molecule has 1 aromatic carbocycles. The second kappa shape index (κ2) is 7.04. The van der Waals surface area contributed by atoms with Crippen LogP contribution in [-0.4, -0.2) is 23.7 Å². The average molecular weight is 268 g/mol. The topological polar surface area (TPSA) is 66.4 Å². The summed E-state index contributed by atoms with van der Waals surface area (Å²) in [6.07, 6.45) is 4.90. The van der Waals surface area contributed by atoms with Crippen LogP contribution in [0.15, 0.2) is 53.9 Å². The lowest BCUT2D eigenvalue weighted by Crippen LogP contribution is -2.25. The SMILES string of the molecule is Cc1ccc(NCC(=O)N/N=C\c2cccnc2)cc1. The van der Waals surface area contributed by atoms with Crippen LogP contribution in [0.4, 0.5) is 5.69 Å². The fraction of sp³-hybridized carbons (Fsp3) is 0.133. The van der Waals surface area contributed by atoms with Gasteiger partial charge in [0, 0.05) is 23.6 Å². The van der Waals surface area contributed by atoms with Gasteiger partial charge in [0.05, 0.1) is 12.8 Å². The summed E-state index contributed by atoms with van der Waals surface area (Å²) in [5.41, 5.74) is 5.37. The number of carbonyl (C=O) groups excluding carboxylic acids is 1. The molecule has 0 aliphatic carbocycles. The largest absolute Gasteiger partial charge is 0.376 e. The quantitative estimate of drug-likeness (QED) is 0.643. The van der Waals surface area contributed by atoms with E-state index in [1.807, 2.05) is 43.3 Å². The van der Waals surface area contributed by atoms with Gasteiger partial charge in [0.25, 0.3) is 5.91 Å². The Kier molecular flexibility index (Phi) is 4.83. The minimum Gasteiger partial charge on any atom is -0.376 e. The molecule has 1 heterocycles. The van der Waals surface area contributed by atoms with Crippen LogP contribution in [0.2, 0.25) is 0 Å². The molecule has 5 heteroatoms. The molecule has 0 fully saturated rings. The number of benzene rings is 1. The summed E-state index contributed by atoms with van der Waals surface area (Å²) in [5.74, 6) is -0.203. The van der Waals surface area contributed by atoms with Crippen LogP contribution in [0.25, 0.3) is 0 Å². The number of hydrogen-bond acceptors (Lipinski definition) is 4. The molecule has 0 aliphatic heterocycles.